The highest BCUT2D eigenvalue weighted by atomic mass is 35.5. The van der Waals surface area contributed by atoms with Crippen LogP contribution in [0.15, 0.2) is 109 Å². The first-order valence-electron chi connectivity index (χ1n) is 10.4. The van der Waals surface area contributed by atoms with Crippen LogP contribution in [-0.2, 0) is 5.60 Å². The second-order valence-corrected chi connectivity index (χ2v) is 8.49. The number of hydrogen-bond donors (Lipinski definition) is 1. The van der Waals surface area contributed by atoms with Crippen LogP contribution < -0.4 is 0 Å². The van der Waals surface area contributed by atoms with Gasteiger partial charge in [0.05, 0.1) is 0 Å². The predicted molar refractivity (Wildman–Crippen MR) is 128 cm³/mol. The number of hydrogen-bond acceptors (Lipinski definition) is 1. The molecule has 6 rings (SSSR count). The number of halogens is 1. The molecule has 1 nitrogen and oxygen atoms in total. The molecular weight excluding hydrogens is 400 g/mol. The highest BCUT2D eigenvalue weighted by Gasteiger charge is 2.44. The zero-order chi connectivity index (χ0) is 21.0. The smallest absolute Gasteiger partial charge is 0.142 e. The maximum absolute atomic E-state index is 12.5. The van der Waals surface area contributed by atoms with Gasteiger partial charge in [0.1, 0.15) is 5.60 Å². The fraction of sp³-hybridized carbons (Fsp3) is 0.0345. The molecule has 1 unspecified atom stereocenters. The van der Waals surface area contributed by atoms with Crippen molar-refractivity contribution in [1.29, 1.82) is 0 Å². The van der Waals surface area contributed by atoms with Crippen LogP contribution in [0.4, 0.5) is 0 Å². The molecule has 0 aromatic heterocycles. The minimum atomic E-state index is -1.24. The fourth-order valence-corrected chi connectivity index (χ4v) is 5.11. The second-order valence-electron chi connectivity index (χ2n) is 8.06. The Labute approximate surface area is 186 Å². The van der Waals surface area contributed by atoms with E-state index in [1.807, 2.05) is 72.8 Å². The van der Waals surface area contributed by atoms with Crippen LogP contribution in [-0.4, -0.2) is 5.11 Å². The van der Waals surface area contributed by atoms with E-state index >= 15 is 0 Å². The molecule has 148 valence electrons. The largest absolute Gasteiger partial charge is 0.376 e. The average Bonchev–Trinajstić information content (AvgIpc) is 3.07. The molecule has 0 radical (unpaired) electrons. The predicted octanol–water partition coefficient (Wildman–Crippen LogP) is 7.42. The van der Waals surface area contributed by atoms with E-state index in [0.717, 1.165) is 49.7 Å². The SMILES string of the molecule is OC1(c2ccccc2-c2ccccc2)c2ccccc2-c2cc3cc(Cl)ccc3cc21. The van der Waals surface area contributed by atoms with E-state index in [4.69, 9.17) is 11.6 Å². The summed E-state index contributed by atoms with van der Waals surface area (Å²) in [5, 5.41) is 15.3. The topological polar surface area (TPSA) is 20.2 Å². The monoisotopic (exact) mass is 418 g/mol. The third-order valence-corrected chi connectivity index (χ3v) is 6.57. The Bertz CT molecular complexity index is 1450. The number of aliphatic hydroxyl groups is 1. The maximum Gasteiger partial charge on any atom is 0.142 e. The third kappa shape index (κ3) is 2.68. The summed E-state index contributed by atoms with van der Waals surface area (Å²) in [7, 11) is 0. The van der Waals surface area contributed by atoms with E-state index in [-0.39, 0.29) is 0 Å². The Kier molecular flexibility index (Phi) is 4.04. The molecule has 5 aromatic carbocycles. The molecule has 0 spiro atoms. The van der Waals surface area contributed by atoms with Gasteiger partial charge in [-0.25, -0.2) is 0 Å². The molecule has 31 heavy (non-hydrogen) atoms. The lowest BCUT2D eigenvalue weighted by atomic mass is 9.80. The molecule has 1 aliphatic rings. The highest BCUT2D eigenvalue weighted by Crippen LogP contribution is 2.53. The zero-order valence-corrected chi connectivity index (χ0v) is 17.5. The van der Waals surface area contributed by atoms with Gasteiger partial charge < -0.3 is 5.11 Å². The van der Waals surface area contributed by atoms with E-state index in [9.17, 15) is 5.11 Å². The summed E-state index contributed by atoms with van der Waals surface area (Å²) in [5.74, 6) is 0. The normalized spacial score (nSPS) is 16.8. The molecule has 0 saturated carbocycles. The van der Waals surface area contributed by atoms with Crippen molar-refractivity contribution >= 4 is 22.4 Å². The first-order valence-corrected chi connectivity index (χ1v) is 10.7. The summed E-state index contributed by atoms with van der Waals surface area (Å²) < 4.78 is 0. The summed E-state index contributed by atoms with van der Waals surface area (Å²) >= 11 is 6.26. The average molecular weight is 419 g/mol. The molecule has 1 aliphatic carbocycles. The van der Waals surface area contributed by atoms with Crippen molar-refractivity contribution in [3.05, 3.63) is 131 Å². The molecule has 5 aromatic rings. The number of fused-ring (bicyclic) bond motifs is 4. The minimum absolute atomic E-state index is 0.711. The van der Waals surface area contributed by atoms with Gasteiger partial charge >= 0.3 is 0 Å². The van der Waals surface area contributed by atoms with Crippen LogP contribution in [0, 0.1) is 0 Å². The molecule has 0 bridgehead atoms. The van der Waals surface area contributed by atoms with Crippen molar-refractivity contribution in [2.75, 3.05) is 0 Å². The maximum atomic E-state index is 12.5. The first-order chi connectivity index (χ1) is 15.2. The molecule has 0 amide bonds. The molecule has 0 heterocycles. The van der Waals surface area contributed by atoms with Crippen LogP contribution >= 0.6 is 11.6 Å². The highest BCUT2D eigenvalue weighted by molar-refractivity contribution is 6.31. The van der Waals surface area contributed by atoms with Crippen molar-refractivity contribution in [2.45, 2.75) is 5.60 Å². The van der Waals surface area contributed by atoms with Gasteiger partial charge in [0, 0.05) is 21.7 Å². The summed E-state index contributed by atoms with van der Waals surface area (Å²) in [6, 6.07) is 36.7. The summed E-state index contributed by atoms with van der Waals surface area (Å²) in [4.78, 5) is 0. The van der Waals surface area contributed by atoms with E-state index in [0.29, 0.717) is 5.02 Å². The Morgan fingerprint density at radius 1 is 0.516 bits per heavy atom. The lowest BCUT2D eigenvalue weighted by molar-refractivity contribution is 0.131. The first kappa shape index (κ1) is 18.4. The van der Waals surface area contributed by atoms with Crippen LogP contribution in [0.3, 0.4) is 0 Å². The molecule has 2 heteroatoms. The molecule has 0 aliphatic heterocycles. The van der Waals surface area contributed by atoms with Crippen molar-refractivity contribution < 1.29 is 5.11 Å². The molecule has 0 saturated heterocycles. The quantitative estimate of drug-likeness (QED) is 0.316. The van der Waals surface area contributed by atoms with Crippen molar-refractivity contribution in [3.63, 3.8) is 0 Å². The molecule has 0 fully saturated rings. The minimum Gasteiger partial charge on any atom is -0.376 e. The van der Waals surface area contributed by atoms with Gasteiger partial charge in [-0.2, -0.15) is 0 Å². The summed E-state index contributed by atoms with van der Waals surface area (Å²) in [6.45, 7) is 0. The Hall–Kier alpha value is -3.39. The summed E-state index contributed by atoms with van der Waals surface area (Å²) in [5.41, 5.74) is 5.70. The van der Waals surface area contributed by atoms with E-state index in [1.54, 1.807) is 0 Å². The van der Waals surface area contributed by atoms with E-state index < -0.39 is 5.60 Å². The molecular formula is C29H19ClO. The van der Waals surface area contributed by atoms with Crippen LogP contribution in [0.1, 0.15) is 16.7 Å². The number of benzene rings is 5. The zero-order valence-electron chi connectivity index (χ0n) is 16.7. The van der Waals surface area contributed by atoms with Crippen molar-refractivity contribution in [3.8, 4) is 22.3 Å². The van der Waals surface area contributed by atoms with Crippen LogP contribution in [0.2, 0.25) is 5.02 Å². The van der Waals surface area contributed by atoms with Gasteiger partial charge in [-0.1, -0.05) is 96.5 Å². The van der Waals surface area contributed by atoms with Gasteiger partial charge in [-0.15, -0.1) is 0 Å². The van der Waals surface area contributed by atoms with Crippen LogP contribution in [0.5, 0.6) is 0 Å². The van der Waals surface area contributed by atoms with Gasteiger partial charge in [0.2, 0.25) is 0 Å². The number of rotatable bonds is 2. The summed E-state index contributed by atoms with van der Waals surface area (Å²) in [6.07, 6.45) is 0. The van der Waals surface area contributed by atoms with Crippen molar-refractivity contribution in [1.82, 2.24) is 0 Å². The standard InChI is InChI=1S/C29H19ClO/c30-22-15-14-20-18-28-25(17-21(20)16-22)24-11-5-7-13-27(24)29(28,31)26-12-6-4-10-23(26)19-8-2-1-3-9-19/h1-18,31H. The van der Waals surface area contributed by atoms with Gasteiger partial charge in [-0.3, -0.25) is 0 Å². The lowest BCUT2D eigenvalue weighted by Crippen LogP contribution is -2.27. The van der Waals surface area contributed by atoms with Crippen molar-refractivity contribution in [2.24, 2.45) is 0 Å². The van der Waals surface area contributed by atoms with Crippen LogP contribution in [0.25, 0.3) is 33.0 Å². The Morgan fingerprint density at radius 2 is 1.16 bits per heavy atom. The lowest BCUT2D eigenvalue weighted by Gasteiger charge is -2.29. The molecule has 1 N–H and O–H groups in total. The Morgan fingerprint density at radius 3 is 1.94 bits per heavy atom. The molecule has 1 atom stereocenters. The van der Waals surface area contributed by atoms with Gasteiger partial charge in [0.25, 0.3) is 0 Å². The second kappa shape index (κ2) is 6.81. The van der Waals surface area contributed by atoms with E-state index in [2.05, 4.69) is 36.4 Å². The van der Waals surface area contributed by atoms with Gasteiger partial charge in [0.15, 0.2) is 0 Å². The van der Waals surface area contributed by atoms with Gasteiger partial charge in [-0.05, 0) is 57.3 Å². The third-order valence-electron chi connectivity index (χ3n) is 6.34. The Balaban J connectivity index is 1.70. The fourth-order valence-electron chi connectivity index (χ4n) is 4.93. The van der Waals surface area contributed by atoms with E-state index in [1.165, 1.54) is 0 Å².